The lowest BCUT2D eigenvalue weighted by Crippen LogP contribution is -2.49. The van der Waals surface area contributed by atoms with Crippen LogP contribution in [0.3, 0.4) is 0 Å². The number of piperidine rings is 1. The molecule has 1 amide bonds. The van der Waals surface area contributed by atoms with Gasteiger partial charge in [-0.15, -0.1) is 17.9 Å². The highest BCUT2D eigenvalue weighted by Gasteiger charge is 2.69. The van der Waals surface area contributed by atoms with E-state index in [1.807, 2.05) is 20.8 Å². The van der Waals surface area contributed by atoms with Crippen LogP contribution < -0.4 is 0 Å². The average Bonchev–Trinajstić information content (AvgIpc) is 3.53. The summed E-state index contributed by atoms with van der Waals surface area (Å²) in [5, 5.41) is 1.72. The van der Waals surface area contributed by atoms with E-state index in [-0.39, 0.29) is 83.7 Å². The molecule has 1 aromatic heterocycles. The molecule has 2 aliphatic heterocycles. The van der Waals surface area contributed by atoms with Crippen LogP contribution in [-0.4, -0.2) is 86.1 Å². The summed E-state index contributed by atoms with van der Waals surface area (Å²) < 4.78 is 34.1. The third-order valence-corrected chi connectivity index (χ3v) is 15.0. The number of nitrogens with zero attached hydrogens (tertiary/aromatic N) is 2. The summed E-state index contributed by atoms with van der Waals surface area (Å²) in [7, 11) is -2.18. The van der Waals surface area contributed by atoms with Crippen LogP contribution in [0.15, 0.2) is 34.4 Å². The molecule has 3 fully saturated rings. The number of fused-ring (bicyclic) bond motifs is 3. The van der Waals surface area contributed by atoms with Crippen LogP contribution in [0.2, 0.25) is 0 Å². The van der Waals surface area contributed by atoms with E-state index in [9.17, 15) is 32.4 Å². The summed E-state index contributed by atoms with van der Waals surface area (Å²) in [6.45, 7) is 14.8. The zero-order valence-electron chi connectivity index (χ0n) is 32.1. The number of thiophene rings is 1. The van der Waals surface area contributed by atoms with Gasteiger partial charge < -0.3 is 9.64 Å². The van der Waals surface area contributed by atoms with E-state index in [0.29, 0.717) is 26.0 Å². The van der Waals surface area contributed by atoms with Crippen molar-refractivity contribution in [2.75, 3.05) is 33.4 Å². The molecule has 0 unspecified atom stereocenters. The molecule has 290 valence electrons. The first-order valence-corrected chi connectivity index (χ1v) is 21.3. The minimum Gasteiger partial charge on any atom is -0.381 e. The highest BCUT2D eigenvalue weighted by molar-refractivity contribution is 7.91. The molecule has 0 bridgehead atoms. The standard InChI is InChI=1S/C40H60N2O8S2/c1-8-9-17-32(44)37(46)27-16-13-11-10-12-14-19-50-26-28(38(47)42-25-31-35(40(31,5)6)36(42)33(45)22-27)21-30(43)23-29(39(2,3)4)24-41(7)52(48,49)34-18-15-20-51-34/h8,15,18,20,27-29,31,35-36H,1,9-14,16-17,19,21-26H2,2-7H3/t27-,28+,29-,31+,35+,36-/m1/s1. The Hall–Kier alpha value is -2.54. The van der Waals surface area contributed by atoms with Crippen LogP contribution in [0.25, 0.3) is 0 Å². The van der Waals surface area contributed by atoms with Gasteiger partial charge in [-0.25, -0.2) is 8.42 Å². The second kappa shape index (κ2) is 17.7. The van der Waals surface area contributed by atoms with Gasteiger partial charge in [0.2, 0.25) is 11.7 Å². The maximum Gasteiger partial charge on any atom is 0.252 e. The second-order valence-corrected chi connectivity index (χ2v) is 20.1. The van der Waals surface area contributed by atoms with Crippen molar-refractivity contribution in [3.8, 4) is 0 Å². The molecule has 52 heavy (non-hydrogen) atoms. The Morgan fingerprint density at radius 3 is 2.48 bits per heavy atom. The van der Waals surface area contributed by atoms with Crippen LogP contribution in [0.4, 0.5) is 0 Å². The predicted octanol–water partition coefficient (Wildman–Crippen LogP) is 6.53. The van der Waals surface area contributed by atoms with Gasteiger partial charge in [-0.1, -0.05) is 72.4 Å². The number of Topliss-reactive ketones (excluding diaryl/α,β-unsaturated/α-hetero) is 4. The first-order chi connectivity index (χ1) is 24.4. The maximum absolute atomic E-state index is 14.5. The molecular formula is C40H60N2O8S2. The second-order valence-electron chi connectivity index (χ2n) is 16.9. The van der Waals surface area contributed by atoms with Crippen molar-refractivity contribution in [2.24, 2.45) is 40.4 Å². The number of ether oxygens (including phenoxy) is 1. The molecule has 1 aromatic rings. The van der Waals surface area contributed by atoms with Gasteiger partial charge in [0.05, 0.1) is 18.6 Å². The number of hydrogen-bond acceptors (Lipinski definition) is 9. The number of carbonyl (C=O) groups is 5. The molecule has 0 spiro atoms. The predicted molar refractivity (Wildman–Crippen MR) is 202 cm³/mol. The fourth-order valence-corrected chi connectivity index (χ4v) is 10.6. The fraction of sp³-hybridized carbons (Fsp3) is 0.725. The molecule has 0 radical (unpaired) electrons. The van der Waals surface area contributed by atoms with Crippen LogP contribution in [-0.2, 0) is 38.7 Å². The van der Waals surface area contributed by atoms with Gasteiger partial charge in [-0.3, -0.25) is 24.0 Å². The third-order valence-electron chi connectivity index (χ3n) is 11.8. The molecule has 2 saturated heterocycles. The van der Waals surface area contributed by atoms with Crippen molar-refractivity contribution >= 4 is 50.4 Å². The van der Waals surface area contributed by atoms with E-state index >= 15 is 0 Å². The van der Waals surface area contributed by atoms with E-state index in [1.54, 1.807) is 28.5 Å². The minimum absolute atomic E-state index is 0.0481. The number of rotatable bonds is 13. The average molecular weight is 761 g/mol. The number of carbonyl (C=O) groups excluding carboxylic acids is 5. The fourth-order valence-electron chi connectivity index (χ4n) is 8.21. The normalized spacial score (nSPS) is 26.8. The Labute approximate surface area is 315 Å². The Morgan fingerprint density at radius 2 is 1.83 bits per heavy atom. The Kier molecular flexibility index (Phi) is 14.4. The van der Waals surface area contributed by atoms with Gasteiger partial charge in [-0.2, -0.15) is 4.31 Å². The molecular weight excluding hydrogens is 701 g/mol. The molecule has 6 atom stereocenters. The lowest BCUT2D eigenvalue weighted by Gasteiger charge is -2.35. The van der Waals surface area contributed by atoms with Crippen LogP contribution >= 0.6 is 11.3 Å². The first-order valence-electron chi connectivity index (χ1n) is 19.0. The molecule has 0 aromatic carbocycles. The molecule has 1 aliphatic carbocycles. The van der Waals surface area contributed by atoms with Crippen LogP contribution in [0, 0.1) is 40.4 Å². The maximum atomic E-state index is 14.5. The molecule has 0 N–H and O–H groups in total. The van der Waals surface area contributed by atoms with Gasteiger partial charge in [0.25, 0.3) is 10.0 Å². The SMILES string of the molecule is C=CCCC(=O)C(=O)[C@@H]1CCCCCCCOC[C@H](CC(=O)C[C@H](CN(C)S(=O)(=O)c2cccs2)C(C)(C)C)C(=O)N2C[C@H]3[C@@H]([C@H]2C(=O)C1)C3(C)C. The van der Waals surface area contributed by atoms with Crippen molar-refractivity contribution in [1.82, 2.24) is 9.21 Å². The summed E-state index contributed by atoms with van der Waals surface area (Å²) >= 11 is 1.15. The summed E-state index contributed by atoms with van der Waals surface area (Å²) in [6.07, 6.45) is 6.68. The molecule has 3 aliphatic rings. The summed E-state index contributed by atoms with van der Waals surface area (Å²) in [4.78, 5) is 70.4. The Morgan fingerprint density at radius 1 is 1.13 bits per heavy atom. The molecule has 10 nitrogen and oxygen atoms in total. The van der Waals surface area contributed by atoms with Gasteiger partial charge in [0.1, 0.15) is 9.99 Å². The highest BCUT2D eigenvalue weighted by Crippen LogP contribution is 2.65. The number of sulfonamides is 1. The largest absolute Gasteiger partial charge is 0.381 e. The van der Waals surface area contributed by atoms with E-state index in [2.05, 4.69) is 20.4 Å². The third kappa shape index (κ3) is 10.2. The van der Waals surface area contributed by atoms with Crippen molar-refractivity contribution in [1.29, 1.82) is 0 Å². The smallest absolute Gasteiger partial charge is 0.252 e. The number of allylic oxidation sites excluding steroid dienone is 1. The van der Waals surface area contributed by atoms with Crippen molar-refractivity contribution in [2.45, 2.75) is 115 Å². The van der Waals surface area contributed by atoms with Gasteiger partial charge in [0, 0.05) is 58.3 Å². The summed E-state index contributed by atoms with van der Waals surface area (Å²) in [6, 6.07) is 2.53. The van der Waals surface area contributed by atoms with Crippen molar-refractivity contribution in [3.05, 3.63) is 30.2 Å². The molecule has 1 saturated carbocycles. The zero-order chi connectivity index (χ0) is 38.4. The van der Waals surface area contributed by atoms with E-state index in [1.165, 1.54) is 11.4 Å². The van der Waals surface area contributed by atoms with E-state index in [0.717, 1.165) is 43.4 Å². The molecule has 4 rings (SSSR count). The van der Waals surface area contributed by atoms with Gasteiger partial charge in [-0.05, 0) is 59.3 Å². The van der Waals surface area contributed by atoms with Crippen LogP contribution in [0.5, 0.6) is 0 Å². The number of amides is 1. The van der Waals surface area contributed by atoms with Gasteiger partial charge in [0.15, 0.2) is 11.6 Å². The summed E-state index contributed by atoms with van der Waals surface area (Å²) in [5.74, 6) is -3.39. The number of hydrogen-bond donors (Lipinski definition) is 0. The topological polar surface area (TPSA) is 135 Å². The highest BCUT2D eigenvalue weighted by atomic mass is 32.2. The molecule has 12 heteroatoms. The quantitative estimate of drug-likeness (QED) is 0.164. The minimum atomic E-state index is -3.72. The van der Waals surface area contributed by atoms with Crippen molar-refractivity contribution in [3.63, 3.8) is 0 Å². The number of ketones is 4. The van der Waals surface area contributed by atoms with Crippen LogP contribution in [0.1, 0.15) is 105 Å². The van der Waals surface area contributed by atoms with E-state index in [4.69, 9.17) is 4.74 Å². The lowest BCUT2D eigenvalue weighted by atomic mass is 9.77. The Balaban J connectivity index is 1.55. The first kappa shape index (κ1) is 42.2. The lowest BCUT2D eigenvalue weighted by molar-refractivity contribution is -0.147. The van der Waals surface area contributed by atoms with Gasteiger partial charge >= 0.3 is 0 Å². The summed E-state index contributed by atoms with van der Waals surface area (Å²) in [5.41, 5.74) is -0.551. The van der Waals surface area contributed by atoms with E-state index < -0.39 is 44.9 Å². The van der Waals surface area contributed by atoms with Crippen molar-refractivity contribution < 1.29 is 37.1 Å². The Bertz CT molecular complexity index is 1560. The molecule has 3 heterocycles. The zero-order valence-corrected chi connectivity index (χ0v) is 33.7. The monoisotopic (exact) mass is 760 g/mol.